The van der Waals surface area contributed by atoms with E-state index in [0.717, 1.165) is 19.4 Å². The first-order chi connectivity index (χ1) is 11.9. The molecule has 120 valence electrons. The van der Waals surface area contributed by atoms with Gasteiger partial charge in [0.2, 0.25) is 0 Å². The topological polar surface area (TPSA) is 12.5 Å². The van der Waals surface area contributed by atoms with Crippen LogP contribution in [0.15, 0.2) is 91.0 Å². The molecule has 3 aromatic carbocycles. The van der Waals surface area contributed by atoms with Crippen LogP contribution >= 0.6 is 0 Å². The van der Waals surface area contributed by atoms with Crippen molar-refractivity contribution in [3.8, 4) is 0 Å². The van der Waals surface area contributed by atoms with Crippen LogP contribution in [-0.4, -0.2) is 12.7 Å². The third-order valence-corrected chi connectivity index (χ3v) is 5.04. The molecule has 0 amide bonds. The predicted molar refractivity (Wildman–Crippen MR) is 98.2 cm³/mol. The van der Waals surface area contributed by atoms with Crippen LogP contribution in [0.5, 0.6) is 0 Å². The van der Waals surface area contributed by atoms with Crippen molar-refractivity contribution in [3.05, 3.63) is 108 Å². The highest BCUT2D eigenvalue weighted by Gasteiger charge is 2.38. The van der Waals surface area contributed by atoms with Crippen LogP contribution in [0, 0.1) is 0 Å². The van der Waals surface area contributed by atoms with Crippen LogP contribution in [0.4, 0.5) is 0 Å². The first-order valence-corrected chi connectivity index (χ1v) is 8.68. The summed E-state index contributed by atoms with van der Waals surface area (Å²) in [4.78, 5) is 0. The molecule has 4 rings (SSSR count). The van der Waals surface area contributed by atoms with Gasteiger partial charge in [0.15, 0.2) is 0 Å². The molecule has 0 radical (unpaired) electrons. The first kappa shape index (κ1) is 15.2. The monoisotopic (exact) mass is 314 g/mol. The number of hydrogen-bond acceptors (Lipinski definition) is 1. The Morgan fingerprint density at radius 3 is 1.38 bits per heavy atom. The third-order valence-electron chi connectivity index (χ3n) is 5.04. The van der Waals surface area contributed by atoms with E-state index in [4.69, 9.17) is 4.74 Å². The Morgan fingerprint density at radius 2 is 1.04 bits per heavy atom. The molecule has 3 aromatic rings. The third kappa shape index (κ3) is 2.88. The van der Waals surface area contributed by atoms with E-state index in [1.165, 1.54) is 16.7 Å². The molecule has 0 aliphatic carbocycles. The Balaban J connectivity index is 1.91. The molecule has 24 heavy (non-hydrogen) atoms. The van der Waals surface area contributed by atoms with Gasteiger partial charge in [-0.25, -0.2) is 0 Å². The van der Waals surface area contributed by atoms with Crippen LogP contribution in [0.2, 0.25) is 0 Å². The summed E-state index contributed by atoms with van der Waals surface area (Å²) in [5, 5.41) is 0. The highest BCUT2D eigenvalue weighted by molar-refractivity contribution is 5.50. The van der Waals surface area contributed by atoms with E-state index in [9.17, 15) is 0 Å². The molecule has 1 fully saturated rings. The smallest absolute Gasteiger partial charge is 0.0810 e. The number of ether oxygens (including phenoxy) is 1. The fourth-order valence-corrected chi connectivity index (χ4v) is 3.71. The second kappa shape index (κ2) is 6.62. The fraction of sp³-hybridized carbons (Fsp3) is 0.217. The van der Waals surface area contributed by atoms with Crippen LogP contribution in [0.3, 0.4) is 0 Å². The molecular formula is C23H22O. The Labute approximate surface area is 143 Å². The predicted octanol–water partition coefficient (Wildman–Crippen LogP) is 5.20. The second-order valence-electron chi connectivity index (χ2n) is 6.50. The van der Waals surface area contributed by atoms with E-state index in [2.05, 4.69) is 91.0 Å². The fourth-order valence-electron chi connectivity index (χ4n) is 3.71. The zero-order valence-electron chi connectivity index (χ0n) is 13.8. The molecule has 1 aliphatic heterocycles. The number of hydrogen-bond donors (Lipinski definition) is 0. The molecule has 1 heteroatoms. The van der Waals surface area contributed by atoms with Crippen molar-refractivity contribution in [2.24, 2.45) is 0 Å². The molecular weight excluding hydrogens is 292 g/mol. The van der Waals surface area contributed by atoms with Gasteiger partial charge in [-0.15, -0.1) is 0 Å². The standard InChI is InChI=1S/C23H22O/c1-4-10-19(11-5-1)23(17-16-22-18-24-22,20-12-6-2-7-13-20)21-14-8-3-9-15-21/h1-15,22H,16-18H2. The van der Waals surface area contributed by atoms with Gasteiger partial charge in [-0.05, 0) is 29.5 Å². The van der Waals surface area contributed by atoms with Gasteiger partial charge < -0.3 is 4.74 Å². The second-order valence-corrected chi connectivity index (χ2v) is 6.50. The Hall–Kier alpha value is -2.38. The van der Waals surface area contributed by atoms with Gasteiger partial charge in [0.1, 0.15) is 0 Å². The van der Waals surface area contributed by atoms with Crippen LogP contribution in [0.1, 0.15) is 29.5 Å². The molecule has 1 aliphatic rings. The molecule has 1 atom stereocenters. The van der Waals surface area contributed by atoms with E-state index in [-0.39, 0.29) is 5.41 Å². The lowest BCUT2D eigenvalue weighted by Crippen LogP contribution is -2.30. The normalized spacial score (nSPS) is 16.8. The van der Waals surface area contributed by atoms with Crippen molar-refractivity contribution < 1.29 is 4.74 Å². The molecule has 0 bridgehead atoms. The molecule has 1 nitrogen and oxygen atoms in total. The maximum absolute atomic E-state index is 5.51. The first-order valence-electron chi connectivity index (χ1n) is 8.68. The minimum absolute atomic E-state index is 0.129. The van der Waals surface area contributed by atoms with Gasteiger partial charge in [0.25, 0.3) is 0 Å². The Kier molecular flexibility index (Phi) is 4.18. The van der Waals surface area contributed by atoms with Crippen LogP contribution in [-0.2, 0) is 10.2 Å². The van der Waals surface area contributed by atoms with Gasteiger partial charge in [-0.1, -0.05) is 91.0 Å². The summed E-state index contributed by atoms with van der Waals surface area (Å²) in [5.74, 6) is 0. The van der Waals surface area contributed by atoms with E-state index in [1.54, 1.807) is 0 Å². The van der Waals surface area contributed by atoms with E-state index in [1.807, 2.05) is 0 Å². The zero-order valence-corrected chi connectivity index (χ0v) is 13.8. The number of benzene rings is 3. The van der Waals surface area contributed by atoms with Gasteiger partial charge in [0, 0.05) is 5.41 Å². The minimum Gasteiger partial charge on any atom is -0.373 e. The van der Waals surface area contributed by atoms with Crippen molar-refractivity contribution >= 4 is 0 Å². The van der Waals surface area contributed by atoms with Gasteiger partial charge in [-0.2, -0.15) is 0 Å². The largest absolute Gasteiger partial charge is 0.373 e. The van der Waals surface area contributed by atoms with Crippen molar-refractivity contribution in [2.75, 3.05) is 6.61 Å². The lowest BCUT2D eigenvalue weighted by molar-refractivity contribution is 0.375. The van der Waals surface area contributed by atoms with Crippen molar-refractivity contribution in [1.29, 1.82) is 0 Å². The lowest BCUT2D eigenvalue weighted by Gasteiger charge is -2.36. The maximum atomic E-state index is 5.51. The Bertz CT molecular complexity index is 664. The SMILES string of the molecule is c1ccc(C(CCC2CO2)(c2ccccc2)c2ccccc2)cc1. The highest BCUT2D eigenvalue weighted by atomic mass is 16.6. The summed E-state index contributed by atoms with van der Waals surface area (Å²) in [5.41, 5.74) is 3.92. The van der Waals surface area contributed by atoms with E-state index in [0.29, 0.717) is 6.10 Å². The minimum atomic E-state index is -0.129. The summed E-state index contributed by atoms with van der Waals surface area (Å²) in [7, 11) is 0. The average molecular weight is 314 g/mol. The van der Waals surface area contributed by atoms with Gasteiger partial charge in [-0.3, -0.25) is 0 Å². The molecule has 1 unspecified atom stereocenters. The van der Waals surface area contributed by atoms with E-state index < -0.39 is 0 Å². The van der Waals surface area contributed by atoms with Crippen molar-refractivity contribution in [1.82, 2.24) is 0 Å². The van der Waals surface area contributed by atoms with Gasteiger partial charge >= 0.3 is 0 Å². The summed E-state index contributed by atoms with van der Waals surface area (Å²) >= 11 is 0. The van der Waals surface area contributed by atoms with Crippen LogP contribution < -0.4 is 0 Å². The van der Waals surface area contributed by atoms with E-state index >= 15 is 0 Å². The van der Waals surface area contributed by atoms with Crippen molar-refractivity contribution in [3.63, 3.8) is 0 Å². The summed E-state index contributed by atoms with van der Waals surface area (Å²) in [6, 6.07) is 32.7. The summed E-state index contributed by atoms with van der Waals surface area (Å²) in [6.45, 7) is 0.911. The van der Waals surface area contributed by atoms with Crippen LogP contribution in [0.25, 0.3) is 0 Å². The zero-order chi connectivity index (χ0) is 16.2. The number of rotatable bonds is 6. The molecule has 1 heterocycles. The average Bonchev–Trinajstić information content (AvgIpc) is 3.50. The summed E-state index contributed by atoms with van der Waals surface area (Å²) < 4.78 is 5.51. The molecule has 0 aromatic heterocycles. The Morgan fingerprint density at radius 1 is 0.667 bits per heavy atom. The molecule has 0 spiro atoms. The highest BCUT2D eigenvalue weighted by Crippen LogP contribution is 2.44. The van der Waals surface area contributed by atoms with Gasteiger partial charge in [0.05, 0.1) is 12.7 Å². The summed E-state index contributed by atoms with van der Waals surface area (Å²) in [6.07, 6.45) is 2.56. The van der Waals surface area contributed by atoms with Crippen molar-refractivity contribution in [2.45, 2.75) is 24.4 Å². The quantitative estimate of drug-likeness (QED) is 0.450. The maximum Gasteiger partial charge on any atom is 0.0810 e. The lowest BCUT2D eigenvalue weighted by atomic mass is 9.66. The molecule has 1 saturated heterocycles. The molecule has 0 N–H and O–H groups in total. The molecule has 0 saturated carbocycles. The number of epoxide rings is 1.